The molecule has 0 saturated carbocycles. The van der Waals surface area contributed by atoms with Gasteiger partial charge < -0.3 is 14.4 Å². The largest absolute Gasteiger partial charge is 0.493 e. The molecule has 1 amide bonds. The number of fused-ring (bicyclic) bond motifs is 1. The Morgan fingerprint density at radius 2 is 1.96 bits per heavy atom. The summed E-state index contributed by atoms with van der Waals surface area (Å²) in [6, 6.07) is 15.7. The van der Waals surface area contributed by atoms with Crippen LogP contribution in [-0.4, -0.2) is 36.8 Å². The van der Waals surface area contributed by atoms with Crippen LogP contribution in [0.3, 0.4) is 0 Å². The molecular formula is C23H26N2O3. The molecule has 0 N–H and O–H groups in total. The Balaban J connectivity index is 1.84. The molecule has 2 aromatic carbocycles. The number of carbonyl (C=O) groups is 1. The molecule has 0 aromatic heterocycles. The summed E-state index contributed by atoms with van der Waals surface area (Å²) in [6.07, 6.45) is 0.528. The third kappa shape index (κ3) is 4.45. The SMILES string of the molecule is CN(CC1CCOc2c(-c3ccc(C#N)cc3)cccc21)C(=O)OC(C)(C)C. The predicted octanol–water partition coefficient (Wildman–Crippen LogP) is 4.96. The molecule has 146 valence electrons. The van der Waals surface area contributed by atoms with Gasteiger partial charge in [-0.3, -0.25) is 0 Å². The first-order valence-corrected chi connectivity index (χ1v) is 9.49. The second-order valence-electron chi connectivity index (χ2n) is 8.11. The maximum absolute atomic E-state index is 12.3. The van der Waals surface area contributed by atoms with Crippen molar-refractivity contribution in [3.8, 4) is 22.9 Å². The van der Waals surface area contributed by atoms with Gasteiger partial charge in [0.15, 0.2) is 0 Å². The van der Waals surface area contributed by atoms with Gasteiger partial charge in [-0.1, -0.05) is 30.3 Å². The summed E-state index contributed by atoms with van der Waals surface area (Å²) >= 11 is 0. The molecule has 5 nitrogen and oxygen atoms in total. The van der Waals surface area contributed by atoms with Gasteiger partial charge in [0.05, 0.1) is 18.2 Å². The quantitative estimate of drug-likeness (QED) is 0.757. The van der Waals surface area contributed by atoms with Crippen molar-refractivity contribution in [3.63, 3.8) is 0 Å². The fourth-order valence-electron chi connectivity index (χ4n) is 3.38. The van der Waals surface area contributed by atoms with Gasteiger partial charge in [-0.25, -0.2) is 4.79 Å². The van der Waals surface area contributed by atoms with Crippen LogP contribution in [0, 0.1) is 11.3 Å². The van der Waals surface area contributed by atoms with Crippen molar-refractivity contribution in [2.24, 2.45) is 0 Å². The molecule has 0 fully saturated rings. The summed E-state index contributed by atoms with van der Waals surface area (Å²) in [5.74, 6) is 1.04. The fourth-order valence-corrected chi connectivity index (χ4v) is 3.38. The predicted molar refractivity (Wildman–Crippen MR) is 108 cm³/mol. The van der Waals surface area contributed by atoms with Crippen LogP contribution in [0.15, 0.2) is 42.5 Å². The fraction of sp³-hybridized carbons (Fsp3) is 0.391. The molecule has 1 atom stereocenters. The highest BCUT2D eigenvalue weighted by molar-refractivity contribution is 5.73. The normalized spacial score (nSPS) is 15.8. The van der Waals surface area contributed by atoms with E-state index in [2.05, 4.69) is 12.1 Å². The van der Waals surface area contributed by atoms with E-state index in [1.54, 1.807) is 11.9 Å². The first-order valence-electron chi connectivity index (χ1n) is 9.49. The van der Waals surface area contributed by atoms with E-state index in [-0.39, 0.29) is 12.0 Å². The zero-order chi connectivity index (χ0) is 20.3. The van der Waals surface area contributed by atoms with E-state index < -0.39 is 5.60 Å². The van der Waals surface area contributed by atoms with Crippen LogP contribution in [-0.2, 0) is 4.74 Å². The molecule has 2 aromatic rings. The minimum atomic E-state index is -0.512. The highest BCUT2D eigenvalue weighted by Crippen LogP contribution is 2.41. The monoisotopic (exact) mass is 378 g/mol. The minimum absolute atomic E-state index is 0.180. The van der Waals surface area contributed by atoms with Gasteiger partial charge in [0.25, 0.3) is 0 Å². The van der Waals surface area contributed by atoms with Gasteiger partial charge in [-0.15, -0.1) is 0 Å². The summed E-state index contributed by atoms with van der Waals surface area (Å²) in [6.45, 7) is 6.78. The second kappa shape index (κ2) is 7.93. The van der Waals surface area contributed by atoms with E-state index in [9.17, 15) is 4.79 Å². The van der Waals surface area contributed by atoms with Gasteiger partial charge in [-0.05, 0) is 50.5 Å². The molecule has 3 rings (SSSR count). The van der Waals surface area contributed by atoms with Gasteiger partial charge in [0.1, 0.15) is 11.4 Å². The van der Waals surface area contributed by atoms with Crippen LogP contribution in [0.1, 0.15) is 44.2 Å². The molecule has 0 spiro atoms. The lowest BCUT2D eigenvalue weighted by Gasteiger charge is -2.31. The molecule has 1 aliphatic rings. The number of amides is 1. The first-order chi connectivity index (χ1) is 13.3. The molecule has 1 unspecified atom stereocenters. The Morgan fingerprint density at radius 3 is 2.61 bits per heavy atom. The zero-order valence-corrected chi connectivity index (χ0v) is 16.9. The van der Waals surface area contributed by atoms with E-state index in [0.29, 0.717) is 18.7 Å². The number of hydrogen-bond acceptors (Lipinski definition) is 4. The Hall–Kier alpha value is -3.00. The van der Waals surface area contributed by atoms with Gasteiger partial charge in [0.2, 0.25) is 0 Å². The molecule has 0 aliphatic carbocycles. The molecule has 5 heteroatoms. The number of rotatable bonds is 3. The van der Waals surface area contributed by atoms with E-state index >= 15 is 0 Å². The van der Waals surface area contributed by atoms with Crippen molar-refractivity contribution in [1.29, 1.82) is 5.26 Å². The highest BCUT2D eigenvalue weighted by Gasteiger charge is 2.28. The first kappa shape index (κ1) is 19.8. The molecule has 1 heterocycles. The zero-order valence-electron chi connectivity index (χ0n) is 16.9. The lowest BCUT2D eigenvalue weighted by Crippen LogP contribution is -2.37. The topological polar surface area (TPSA) is 62.6 Å². The van der Waals surface area contributed by atoms with Crippen LogP contribution in [0.2, 0.25) is 0 Å². The Morgan fingerprint density at radius 1 is 1.25 bits per heavy atom. The highest BCUT2D eigenvalue weighted by atomic mass is 16.6. The minimum Gasteiger partial charge on any atom is -0.493 e. The van der Waals surface area contributed by atoms with Crippen molar-refractivity contribution in [3.05, 3.63) is 53.6 Å². The van der Waals surface area contributed by atoms with Crippen LogP contribution in [0.25, 0.3) is 11.1 Å². The van der Waals surface area contributed by atoms with Crippen molar-refractivity contribution >= 4 is 6.09 Å². The Labute approximate surface area is 166 Å². The number of nitriles is 1. The lowest BCUT2D eigenvalue weighted by atomic mass is 9.89. The van der Waals surface area contributed by atoms with E-state index in [1.165, 1.54) is 0 Å². The van der Waals surface area contributed by atoms with Crippen molar-refractivity contribution < 1.29 is 14.3 Å². The maximum Gasteiger partial charge on any atom is 0.410 e. The maximum atomic E-state index is 12.3. The summed E-state index contributed by atoms with van der Waals surface area (Å²) in [7, 11) is 1.77. The number of para-hydroxylation sites is 1. The standard InChI is InChI=1S/C23H26N2O3/c1-23(2,3)28-22(26)25(4)15-18-12-13-27-21-19(6-5-7-20(18)21)17-10-8-16(14-24)9-11-17/h5-11,18H,12-13,15H2,1-4H3. The molecule has 0 radical (unpaired) electrons. The van der Waals surface area contributed by atoms with Crippen molar-refractivity contribution in [2.45, 2.75) is 38.7 Å². The smallest absolute Gasteiger partial charge is 0.410 e. The second-order valence-corrected chi connectivity index (χ2v) is 8.11. The van der Waals surface area contributed by atoms with Crippen molar-refractivity contribution in [1.82, 2.24) is 4.90 Å². The molecule has 0 saturated heterocycles. The number of likely N-dealkylation sites (N-methyl/N-ethyl adjacent to an activating group) is 1. The van der Waals surface area contributed by atoms with Crippen LogP contribution < -0.4 is 4.74 Å². The Bertz CT molecular complexity index is 892. The van der Waals surface area contributed by atoms with Crippen LogP contribution >= 0.6 is 0 Å². The Kier molecular flexibility index (Phi) is 5.60. The van der Waals surface area contributed by atoms with E-state index in [1.807, 2.05) is 57.2 Å². The number of benzene rings is 2. The van der Waals surface area contributed by atoms with E-state index in [4.69, 9.17) is 14.7 Å². The third-order valence-electron chi connectivity index (χ3n) is 4.72. The number of carbonyl (C=O) groups excluding carboxylic acids is 1. The number of nitrogens with zero attached hydrogens (tertiary/aromatic N) is 2. The van der Waals surface area contributed by atoms with Gasteiger partial charge in [-0.2, -0.15) is 5.26 Å². The summed E-state index contributed by atoms with van der Waals surface area (Å²) < 4.78 is 11.5. The van der Waals surface area contributed by atoms with Crippen molar-refractivity contribution in [2.75, 3.05) is 20.2 Å². The molecule has 0 bridgehead atoms. The third-order valence-corrected chi connectivity index (χ3v) is 4.72. The average Bonchev–Trinajstić information content (AvgIpc) is 2.66. The molecule has 1 aliphatic heterocycles. The van der Waals surface area contributed by atoms with E-state index in [0.717, 1.165) is 28.9 Å². The van der Waals surface area contributed by atoms with Crippen LogP contribution in [0.5, 0.6) is 5.75 Å². The lowest BCUT2D eigenvalue weighted by molar-refractivity contribution is 0.0281. The average molecular weight is 378 g/mol. The molecule has 28 heavy (non-hydrogen) atoms. The summed E-state index contributed by atoms with van der Waals surface area (Å²) in [5, 5.41) is 9.01. The van der Waals surface area contributed by atoms with Crippen LogP contribution in [0.4, 0.5) is 4.79 Å². The van der Waals surface area contributed by atoms with Gasteiger partial charge >= 0.3 is 6.09 Å². The number of ether oxygens (including phenoxy) is 2. The van der Waals surface area contributed by atoms with Gasteiger partial charge in [0, 0.05) is 25.1 Å². The summed E-state index contributed by atoms with van der Waals surface area (Å²) in [5.41, 5.74) is 3.24. The molecular weight excluding hydrogens is 352 g/mol. The number of hydrogen-bond donors (Lipinski definition) is 0. The summed E-state index contributed by atoms with van der Waals surface area (Å²) in [4.78, 5) is 14.0.